The van der Waals surface area contributed by atoms with E-state index in [1.54, 1.807) is 11.3 Å². The number of piperidine rings is 1. The van der Waals surface area contributed by atoms with Crippen molar-refractivity contribution >= 4 is 21.4 Å². The Morgan fingerprint density at radius 2 is 1.82 bits per heavy atom. The standard InChI is InChI=1S/C21H29N3O2S2/c1-28(25,26)22-20-9-11-23(15-19-8-5-13-27-19)16-21(20)10-12-24(17-21)14-18-6-3-2-4-7-18/h2-8,13,20,22H,9-12,14-17H2,1H3/t20-,21-/m1/s1. The molecule has 0 aliphatic carbocycles. The van der Waals surface area contributed by atoms with Crippen LogP contribution in [0.2, 0.25) is 0 Å². The maximum absolute atomic E-state index is 12.0. The molecule has 4 rings (SSSR count). The molecule has 1 N–H and O–H groups in total. The molecule has 2 aliphatic rings. The minimum atomic E-state index is -3.22. The summed E-state index contributed by atoms with van der Waals surface area (Å²) in [5.74, 6) is 0. The largest absolute Gasteiger partial charge is 0.298 e. The molecule has 1 aromatic carbocycles. The first kappa shape index (κ1) is 20.0. The van der Waals surface area contributed by atoms with Crippen molar-refractivity contribution in [2.45, 2.75) is 32.0 Å². The second kappa shape index (κ2) is 8.24. The van der Waals surface area contributed by atoms with E-state index in [-0.39, 0.29) is 11.5 Å². The van der Waals surface area contributed by atoms with Crippen LogP contribution in [-0.4, -0.2) is 56.7 Å². The molecule has 2 atom stereocenters. The second-order valence-electron chi connectivity index (χ2n) is 8.33. The Morgan fingerprint density at radius 1 is 1.07 bits per heavy atom. The Hall–Kier alpha value is -1.25. The summed E-state index contributed by atoms with van der Waals surface area (Å²) in [7, 11) is -3.22. The van der Waals surface area contributed by atoms with Crippen molar-refractivity contribution < 1.29 is 8.42 Å². The number of nitrogens with zero attached hydrogens (tertiary/aromatic N) is 2. The number of nitrogens with one attached hydrogen (secondary N) is 1. The lowest BCUT2D eigenvalue weighted by molar-refractivity contribution is 0.0599. The zero-order valence-electron chi connectivity index (χ0n) is 16.4. The molecule has 0 saturated carbocycles. The molecule has 2 aliphatic heterocycles. The molecular weight excluding hydrogens is 390 g/mol. The van der Waals surface area contributed by atoms with Crippen LogP contribution >= 0.6 is 11.3 Å². The predicted octanol–water partition coefficient (Wildman–Crippen LogP) is 2.76. The first-order valence-corrected chi connectivity index (χ1v) is 12.7. The summed E-state index contributed by atoms with van der Waals surface area (Å²) in [4.78, 5) is 6.38. The summed E-state index contributed by atoms with van der Waals surface area (Å²) in [6.07, 6.45) is 3.20. The van der Waals surface area contributed by atoms with Crippen molar-refractivity contribution in [3.8, 4) is 0 Å². The summed E-state index contributed by atoms with van der Waals surface area (Å²) >= 11 is 1.80. The van der Waals surface area contributed by atoms with Gasteiger partial charge >= 0.3 is 0 Å². The van der Waals surface area contributed by atoms with Gasteiger partial charge in [0.2, 0.25) is 10.0 Å². The van der Waals surface area contributed by atoms with Crippen molar-refractivity contribution in [2.75, 3.05) is 32.4 Å². The summed E-state index contributed by atoms with van der Waals surface area (Å²) < 4.78 is 27.0. The van der Waals surface area contributed by atoms with Gasteiger partial charge in [-0.15, -0.1) is 11.3 Å². The van der Waals surface area contributed by atoms with E-state index in [0.29, 0.717) is 0 Å². The highest BCUT2D eigenvalue weighted by Gasteiger charge is 2.48. The van der Waals surface area contributed by atoms with E-state index in [0.717, 1.165) is 52.1 Å². The van der Waals surface area contributed by atoms with Crippen LogP contribution in [0.4, 0.5) is 0 Å². The van der Waals surface area contributed by atoms with Gasteiger partial charge in [-0.25, -0.2) is 13.1 Å². The normalized spacial score (nSPS) is 26.8. The first-order valence-electron chi connectivity index (χ1n) is 9.90. The third kappa shape index (κ3) is 4.83. The molecule has 2 aromatic rings. The third-order valence-corrected chi connectivity index (χ3v) is 7.61. The third-order valence-electron chi connectivity index (χ3n) is 6.04. The number of likely N-dealkylation sites (tertiary alicyclic amines) is 2. The highest BCUT2D eigenvalue weighted by atomic mass is 32.2. The maximum Gasteiger partial charge on any atom is 0.208 e. The van der Waals surface area contributed by atoms with Crippen molar-refractivity contribution in [1.82, 2.24) is 14.5 Å². The molecule has 28 heavy (non-hydrogen) atoms. The smallest absolute Gasteiger partial charge is 0.208 e. The Labute approximate surface area is 172 Å². The number of rotatable bonds is 6. The molecule has 2 saturated heterocycles. The molecule has 1 spiro atoms. The average Bonchev–Trinajstić information content (AvgIpc) is 3.28. The van der Waals surface area contributed by atoms with Gasteiger partial charge < -0.3 is 0 Å². The van der Waals surface area contributed by atoms with Crippen LogP contribution in [0.15, 0.2) is 47.8 Å². The van der Waals surface area contributed by atoms with Crippen LogP contribution in [0.5, 0.6) is 0 Å². The van der Waals surface area contributed by atoms with Gasteiger partial charge in [0.25, 0.3) is 0 Å². The lowest BCUT2D eigenvalue weighted by Crippen LogP contribution is -2.58. The molecule has 0 amide bonds. The fraction of sp³-hybridized carbons (Fsp3) is 0.524. The maximum atomic E-state index is 12.0. The predicted molar refractivity (Wildman–Crippen MR) is 115 cm³/mol. The molecule has 0 unspecified atom stereocenters. The Kier molecular flexibility index (Phi) is 5.90. The topological polar surface area (TPSA) is 52.7 Å². The van der Waals surface area contributed by atoms with Crippen LogP contribution in [0, 0.1) is 5.41 Å². The van der Waals surface area contributed by atoms with Gasteiger partial charge in [0.1, 0.15) is 0 Å². The van der Waals surface area contributed by atoms with Crippen LogP contribution in [-0.2, 0) is 23.1 Å². The molecule has 0 radical (unpaired) electrons. The lowest BCUT2D eigenvalue weighted by atomic mass is 9.75. The molecule has 3 heterocycles. The zero-order valence-corrected chi connectivity index (χ0v) is 18.0. The summed E-state index contributed by atoms with van der Waals surface area (Å²) in [6.45, 7) is 5.73. The molecule has 7 heteroatoms. The van der Waals surface area contributed by atoms with Gasteiger partial charge in [0.05, 0.1) is 6.26 Å². The lowest BCUT2D eigenvalue weighted by Gasteiger charge is -2.46. The summed E-state index contributed by atoms with van der Waals surface area (Å²) in [5, 5.41) is 2.13. The van der Waals surface area contributed by atoms with E-state index < -0.39 is 10.0 Å². The van der Waals surface area contributed by atoms with Crippen LogP contribution in [0.3, 0.4) is 0 Å². The minimum absolute atomic E-state index is 0.0165. The van der Waals surface area contributed by atoms with Crippen LogP contribution < -0.4 is 4.72 Å². The monoisotopic (exact) mass is 419 g/mol. The fourth-order valence-corrected chi connectivity index (χ4v) is 6.46. The molecule has 1 aromatic heterocycles. The van der Waals surface area contributed by atoms with E-state index >= 15 is 0 Å². The van der Waals surface area contributed by atoms with Crippen molar-refractivity contribution in [3.63, 3.8) is 0 Å². The van der Waals surface area contributed by atoms with E-state index in [1.165, 1.54) is 16.7 Å². The molecule has 0 bridgehead atoms. The number of thiophene rings is 1. The van der Waals surface area contributed by atoms with E-state index in [2.05, 4.69) is 56.3 Å². The van der Waals surface area contributed by atoms with Crippen molar-refractivity contribution in [1.29, 1.82) is 0 Å². The summed E-state index contributed by atoms with van der Waals surface area (Å²) in [5.41, 5.74) is 1.30. The molecular formula is C21H29N3O2S2. The number of benzene rings is 1. The zero-order chi connectivity index (χ0) is 19.6. The number of hydrogen-bond acceptors (Lipinski definition) is 5. The highest BCUT2D eigenvalue weighted by molar-refractivity contribution is 7.88. The number of sulfonamides is 1. The van der Waals surface area contributed by atoms with E-state index in [4.69, 9.17) is 0 Å². The van der Waals surface area contributed by atoms with Gasteiger partial charge in [-0.2, -0.15) is 0 Å². The molecule has 152 valence electrons. The van der Waals surface area contributed by atoms with Gasteiger partial charge in [-0.1, -0.05) is 36.4 Å². The van der Waals surface area contributed by atoms with Crippen LogP contribution in [0.25, 0.3) is 0 Å². The Balaban J connectivity index is 1.50. The van der Waals surface area contributed by atoms with Crippen molar-refractivity contribution in [3.05, 3.63) is 58.3 Å². The van der Waals surface area contributed by atoms with E-state index in [1.807, 2.05) is 6.07 Å². The average molecular weight is 420 g/mol. The molecule has 2 fully saturated rings. The Morgan fingerprint density at radius 3 is 2.50 bits per heavy atom. The first-order chi connectivity index (χ1) is 13.4. The van der Waals surface area contributed by atoms with Gasteiger partial charge in [0, 0.05) is 49.1 Å². The quantitative estimate of drug-likeness (QED) is 0.782. The highest BCUT2D eigenvalue weighted by Crippen LogP contribution is 2.40. The Bertz CT molecular complexity index is 870. The van der Waals surface area contributed by atoms with Gasteiger partial charge in [-0.05, 0) is 36.4 Å². The van der Waals surface area contributed by atoms with Crippen molar-refractivity contribution in [2.24, 2.45) is 5.41 Å². The number of hydrogen-bond donors (Lipinski definition) is 1. The minimum Gasteiger partial charge on any atom is -0.298 e. The second-order valence-corrected chi connectivity index (χ2v) is 11.1. The van der Waals surface area contributed by atoms with Crippen LogP contribution in [0.1, 0.15) is 23.3 Å². The molecule has 5 nitrogen and oxygen atoms in total. The van der Waals surface area contributed by atoms with Gasteiger partial charge in [-0.3, -0.25) is 9.80 Å². The summed E-state index contributed by atoms with van der Waals surface area (Å²) in [6, 6.07) is 14.9. The van der Waals surface area contributed by atoms with E-state index in [9.17, 15) is 8.42 Å². The fourth-order valence-electron chi connectivity index (χ4n) is 4.83. The van der Waals surface area contributed by atoms with Gasteiger partial charge in [0.15, 0.2) is 0 Å². The SMILES string of the molecule is CS(=O)(=O)N[C@@H]1CCN(Cc2cccs2)C[C@@]12CCN(Cc1ccccc1)C2.